The lowest BCUT2D eigenvalue weighted by molar-refractivity contribution is -0.118. The van der Waals surface area contributed by atoms with Crippen LogP contribution in [0.5, 0.6) is 0 Å². The van der Waals surface area contributed by atoms with Gasteiger partial charge in [-0.15, -0.1) is 11.8 Å². The molecule has 0 atom stereocenters. The van der Waals surface area contributed by atoms with Crippen LogP contribution >= 0.6 is 11.8 Å². The molecule has 1 aromatic rings. The molecule has 0 spiro atoms. The highest BCUT2D eigenvalue weighted by Gasteiger charge is 1.96. The molecule has 3 heteroatoms. The van der Waals surface area contributed by atoms with E-state index in [9.17, 15) is 4.79 Å². The van der Waals surface area contributed by atoms with Crippen LogP contribution in [0, 0.1) is 0 Å². The average molecular weight is 180 g/mol. The second-order valence-electron chi connectivity index (χ2n) is 2.33. The van der Waals surface area contributed by atoms with E-state index in [1.165, 1.54) is 0 Å². The highest BCUT2D eigenvalue weighted by molar-refractivity contribution is 7.99. The molecule has 2 nitrogen and oxygen atoms in total. The molecule has 1 rings (SSSR count). The first kappa shape index (κ1) is 9.13. The first-order valence-corrected chi connectivity index (χ1v) is 4.70. The summed E-state index contributed by atoms with van der Waals surface area (Å²) in [6, 6.07) is 9.88. The van der Waals surface area contributed by atoms with Crippen LogP contribution in [0.25, 0.3) is 0 Å². The van der Waals surface area contributed by atoms with Crippen LogP contribution in [0.4, 0.5) is 0 Å². The van der Waals surface area contributed by atoms with Crippen LogP contribution in [-0.4, -0.2) is 11.7 Å². The van der Waals surface area contributed by atoms with Crippen LogP contribution in [0.15, 0.2) is 35.2 Å². The van der Waals surface area contributed by atoms with Crippen molar-refractivity contribution in [2.45, 2.75) is 11.3 Å². The maximum atomic E-state index is 10.3. The monoisotopic (exact) mass is 180 g/mol. The van der Waals surface area contributed by atoms with Gasteiger partial charge in [0.2, 0.25) is 5.91 Å². The minimum Gasteiger partial charge on any atom is -0.273 e. The zero-order valence-corrected chi connectivity index (χ0v) is 7.43. The molecule has 0 saturated carbocycles. The summed E-state index contributed by atoms with van der Waals surface area (Å²) in [4.78, 5) is 11.4. The fourth-order valence-corrected chi connectivity index (χ4v) is 1.65. The molecule has 12 heavy (non-hydrogen) atoms. The molecule has 0 aliphatic carbocycles. The molecule has 1 aromatic carbocycles. The van der Waals surface area contributed by atoms with Gasteiger partial charge in [-0.3, -0.25) is 10.5 Å². The van der Waals surface area contributed by atoms with E-state index in [0.29, 0.717) is 12.2 Å². The van der Waals surface area contributed by atoms with Gasteiger partial charge in [-0.05, 0) is 12.1 Å². The number of carbonyl (C=O) groups excluding carboxylic acids is 1. The Kier molecular flexibility index (Phi) is 3.67. The molecule has 0 heterocycles. The lowest BCUT2D eigenvalue weighted by atomic mass is 10.4. The Morgan fingerprint density at radius 3 is 2.58 bits per heavy atom. The zero-order chi connectivity index (χ0) is 8.81. The largest absolute Gasteiger partial charge is 0.273 e. The quantitative estimate of drug-likeness (QED) is 0.665. The summed E-state index contributed by atoms with van der Waals surface area (Å²) in [5.74, 6) is 0.213. The maximum Gasteiger partial charge on any atom is 0.239 e. The van der Waals surface area contributed by atoms with Crippen molar-refractivity contribution >= 4 is 17.7 Å². The standard InChI is InChI=1S/C9H10NOS/c10-9(11)6-7-12-8-4-2-1-3-5-8/h1-5,10H,6-7H2. The van der Waals surface area contributed by atoms with E-state index in [1.807, 2.05) is 30.3 Å². The molecule has 1 amide bonds. The Bertz CT molecular complexity index is 248. The van der Waals surface area contributed by atoms with Gasteiger partial charge in [0, 0.05) is 17.1 Å². The zero-order valence-electron chi connectivity index (χ0n) is 6.62. The molecule has 0 aromatic heterocycles. The normalized spacial score (nSPS) is 9.67. The number of hydrogen-bond acceptors (Lipinski definition) is 2. The fraction of sp³-hybridized carbons (Fsp3) is 0.222. The Morgan fingerprint density at radius 1 is 1.33 bits per heavy atom. The SMILES string of the molecule is [NH]C(=O)CCSc1ccccc1. The number of benzene rings is 1. The van der Waals surface area contributed by atoms with Crippen LogP contribution in [-0.2, 0) is 4.79 Å². The second kappa shape index (κ2) is 4.83. The highest BCUT2D eigenvalue weighted by Crippen LogP contribution is 2.17. The van der Waals surface area contributed by atoms with Crippen molar-refractivity contribution < 1.29 is 4.79 Å². The number of hydrogen-bond donors (Lipinski definition) is 0. The minimum absolute atomic E-state index is 0.333. The van der Waals surface area contributed by atoms with Crippen LogP contribution in [0.3, 0.4) is 0 Å². The predicted molar refractivity (Wildman–Crippen MR) is 49.9 cm³/mol. The van der Waals surface area contributed by atoms with Gasteiger partial charge < -0.3 is 0 Å². The molecule has 0 unspecified atom stereocenters. The van der Waals surface area contributed by atoms with Crippen molar-refractivity contribution in [1.82, 2.24) is 5.73 Å². The summed E-state index contributed by atoms with van der Waals surface area (Å²) < 4.78 is 0. The van der Waals surface area contributed by atoms with Crippen molar-refractivity contribution in [3.63, 3.8) is 0 Å². The molecule has 0 bridgehead atoms. The smallest absolute Gasteiger partial charge is 0.239 e. The van der Waals surface area contributed by atoms with Crippen molar-refractivity contribution in [3.05, 3.63) is 30.3 Å². The van der Waals surface area contributed by atoms with Gasteiger partial charge >= 0.3 is 0 Å². The Labute approximate surface area is 76.2 Å². The first-order chi connectivity index (χ1) is 5.79. The van der Waals surface area contributed by atoms with Crippen LogP contribution in [0.1, 0.15) is 6.42 Å². The van der Waals surface area contributed by atoms with Gasteiger partial charge in [0.25, 0.3) is 0 Å². The molecule has 0 aliphatic rings. The van der Waals surface area contributed by atoms with Crippen LogP contribution < -0.4 is 5.73 Å². The van der Waals surface area contributed by atoms with E-state index in [0.717, 1.165) is 4.90 Å². The molecule has 1 radical (unpaired) electrons. The fourth-order valence-electron chi connectivity index (χ4n) is 0.778. The summed E-state index contributed by atoms with van der Waals surface area (Å²) in [7, 11) is 0. The molecular weight excluding hydrogens is 170 g/mol. The van der Waals surface area contributed by atoms with Gasteiger partial charge in [-0.2, -0.15) is 0 Å². The molecule has 0 saturated heterocycles. The lowest BCUT2D eigenvalue weighted by Crippen LogP contribution is -1.98. The third-order valence-corrected chi connectivity index (χ3v) is 2.35. The number of thioether (sulfide) groups is 1. The van der Waals surface area contributed by atoms with Gasteiger partial charge in [-0.1, -0.05) is 18.2 Å². The first-order valence-electron chi connectivity index (χ1n) is 3.71. The minimum atomic E-state index is -0.488. The molecule has 63 valence electrons. The number of amides is 1. The maximum absolute atomic E-state index is 10.3. The second-order valence-corrected chi connectivity index (χ2v) is 3.50. The topological polar surface area (TPSA) is 40.9 Å². The average Bonchev–Trinajstić information content (AvgIpc) is 2.05. The van der Waals surface area contributed by atoms with E-state index in [-0.39, 0.29) is 0 Å². The van der Waals surface area contributed by atoms with Crippen molar-refractivity contribution in [2.75, 3.05) is 5.75 Å². The van der Waals surface area contributed by atoms with Crippen molar-refractivity contribution in [2.24, 2.45) is 0 Å². The van der Waals surface area contributed by atoms with E-state index >= 15 is 0 Å². The predicted octanol–water partition coefficient (Wildman–Crippen LogP) is 1.98. The van der Waals surface area contributed by atoms with Crippen molar-refractivity contribution in [1.29, 1.82) is 0 Å². The summed E-state index contributed by atoms with van der Waals surface area (Å²) in [6.45, 7) is 0. The van der Waals surface area contributed by atoms with Crippen LogP contribution in [0.2, 0.25) is 0 Å². The summed E-state index contributed by atoms with van der Waals surface area (Å²) in [5, 5.41) is 0. The molecule has 0 fully saturated rings. The number of nitrogens with one attached hydrogen (secondary N) is 1. The number of carbonyl (C=O) groups is 1. The van der Waals surface area contributed by atoms with Crippen molar-refractivity contribution in [3.8, 4) is 0 Å². The van der Waals surface area contributed by atoms with Gasteiger partial charge in [0.15, 0.2) is 0 Å². The summed E-state index contributed by atoms with van der Waals surface area (Å²) >= 11 is 1.61. The van der Waals surface area contributed by atoms with E-state index in [2.05, 4.69) is 0 Å². The summed E-state index contributed by atoms with van der Waals surface area (Å²) in [5.41, 5.74) is 6.69. The molecule has 1 N–H and O–H groups in total. The Hall–Kier alpha value is -0.960. The third kappa shape index (κ3) is 3.44. The summed E-state index contributed by atoms with van der Waals surface area (Å²) in [6.07, 6.45) is 0.333. The third-order valence-electron chi connectivity index (χ3n) is 1.34. The highest BCUT2D eigenvalue weighted by atomic mass is 32.2. The number of rotatable bonds is 4. The van der Waals surface area contributed by atoms with E-state index in [4.69, 9.17) is 5.73 Å². The molecular formula is C9H10NOS. The Balaban J connectivity index is 2.29. The van der Waals surface area contributed by atoms with E-state index < -0.39 is 5.91 Å². The van der Waals surface area contributed by atoms with E-state index in [1.54, 1.807) is 11.8 Å². The van der Waals surface area contributed by atoms with Gasteiger partial charge in [-0.25, -0.2) is 0 Å². The van der Waals surface area contributed by atoms with Gasteiger partial charge in [0.05, 0.1) is 0 Å². The van der Waals surface area contributed by atoms with Gasteiger partial charge in [0.1, 0.15) is 0 Å². The lowest BCUT2D eigenvalue weighted by Gasteiger charge is -1.97. The Morgan fingerprint density at radius 2 is 2.00 bits per heavy atom. The molecule has 0 aliphatic heterocycles.